The van der Waals surface area contributed by atoms with Crippen molar-refractivity contribution in [3.8, 4) is 0 Å². The van der Waals surface area contributed by atoms with E-state index in [2.05, 4.69) is 6.08 Å². The highest BCUT2D eigenvalue weighted by Crippen LogP contribution is 2.44. The zero-order valence-electron chi connectivity index (χ0n) is 5.29. The van der Waals surface area contributed by atoms with Crippen LogP contribution in [0.25, 0.3) is 0 Å². The van der Waals surface area contributed by atoms with Crippen molar-refractivity contribution in [2.45, 2.75) is 6.92 Å². The highest BCUT2D eigenvalue weighted by Gasteiger charge is 2.44. The van der Waals surface area contributed by atoms with E-state index < -0.39 is 0 Å². The van der Waals surface area contributed by atoms with Crippen molar-refractivity contribution in [3.05, 3.63) is 24.3 Å². The molecule has 46 valence electrons. The van der Waals surface area contributed by atoms with Gasteiger partial charge in [-0.3, -0.25) is 4.79 Å². The van der Waals surface area contributed by atoms with Gasteiger partial charge in [-0.15, -0.1) is 0 Å². The predicted molar refractivity (Wildman–Crippen MR) is 34.9 cm³/mol. The number of fused-ring (bicyclic) bond motifs is 1. The van der Waals surface area contributed by atoms with Gasteiger partial charge in [0.1, 0.15) is 0 Å². The number of ketones is 1. The van der Waals surface area contributed by atoms with Crippen LogP contribution in [0.3, 0.4) is 0 Å². The first-order chi connectivity index (χ1) is 4.23. The minimum Gasteiger partial charge on any atom is -0.294 e. The van der Waals surface area contributed by atoms with Gasteiger partial charge in [0.05, 0.1) is 5.41 Å². The molecule has 0 aromatic heterocycles. The van der Waals surface area contributed by atoms with Crippen LogP contribution >= 0.6 is 0 Å². The summed E-state index contributed by atoms with van der Waals surface area (Å²) in [6.07, 6.45) is 7.72. The fourth-order valence-corrected chi connectivity index (χ4v) is 1.38. The molecule has 0 aromatic carbocycles. The summed E-state index contributed by atoms with van der Waals surface area (Å²) < 4.78 is 0. The number of carbonyl (C=O) groups excluding carboxylic acids is 1. The van der Waals surface area contributed by atoms with Crippen molar-refractivity contribution in [3.63, 3.8) is 0 Å². The standard InChI is InChI=1S/C8H8O/c1-8-5-4-6(8)2-3-7(8)9/h2-6H,1H3. The van der Waals surface area contributed by atoms with Crippen LogP contribution in [0.5, 0.6) is 0 Å². The van der Waals surface area contributed by atoms with Crippen molar-refractivity contribution in [2.75, 3.05) is 0 Å². The van der Waals surface area contributed by atoms with Crippen LogP contribution in [0.2, 0.25) is 0 Å². The zero-order valence-corrected chi connectivity index (χ0v) is 5.29. The van der Waals surface area contributed by atoms with Gasteiger partial charge in [-0.2, -0.15) is 0 Å². The molecule has 0 fully saturated rings. The van der Waals surface area contributed by atoms with E-state index in [9.17, 15) is 4.79 Å². The van der Waals surface area contributed by atoms with E-state index >= 15 is 0 Å². The molecule has 2 aliphatic rings. The van der Waals surface area contributed by atoms with Crippen LogP contribution in [-0.4, -0.2) is 5.78 Å². The molecule has 0 N–H and O–H groups in total. The van der Waals surface area contributed by atoms with Crippen LogP contribution in [0.4, 0.5) is 0 Å². The molecule has 0 radical (unpaired) electrons. The van der Waals surface area contributed by atoms with Gasteiger partial charge < -0.3 is 0 Å². The molecule has 0 heterocycles. The Morgan fingerprint density at radius 3 is 2.56 bits per heavy atom. The van der Waals surface area contributed by atoms with Gasteiger partial charge in [0.15, 0.2) is 5.78 Å². The third kappa shape index (κ3) is 0.387. The topological polar surface area (TPSA) is 17.1 Å². The van der Waals surface area contributed by atoms with Crippen LogP contribution in [0, 0.1) is 11.3 Å². The molecule has 0 spiro atoms. The summed E-state index contributed by atoms with van der Waals surface area (Å²) in [5.74, 6) is 0.667. The number of carbonyl (C=O) groups is 1. The van der Waals surface area contributed by atoms with E-state index in [1.54, 1.807) is 6.08 Å². The minimum atomic E-state index is -0.139. The third-order valence-electron chi connectivity index (χ3n) is 2.33. The Morgan fingerprint density at radius 1 is 1.56 bits per heavy atom. The molecule has 0 saturated carbocycles. The quantitative estimate of drug-likeness (QED) is 0.440. The van der Waals surface area contributed by atoms with Gasteiger partial charge in [0.2, 0.25) is 0 Å². The first-order valence-electron chi connectivity index (χ1n) is 3.15. The fourth-order valence-electron chi connectivity index (χ4n) is 1.38. The Morgan fingerprint density at radius 2 is 2.33 bits per heavy atom. The SMILES string of the molecule is CC12C=CC1C=CC2=O. The zero-order chi connectivity index (χ0) is 6.48. The summed E-state index contributed by atoms with van der Waals surface area (Å²) >= 11 is 0. The highest BCUT2D eigenvalue weighted by atomic mass is 16.1. The average molecular weight is 120 g/mol. The van der Waals surface area contributed by atoms with Crippen molar-refractivity contribution >= 4 is 5.78 Å². The smallest absolute Gasteiger partial charge is 0.165 e. The number of rotatable bonds is 0. The molecule has 2 aliphatic carbocycles. The Balaban J connectivity index is 2.48. The second kappa shape index (κ2) is 1.18. The van der Waals surface area contributed by atoms with Crippen molar-refractivity contribution < 1.29 is 4.79 Å². The second-order valence-corrected chi connectivity index (χ2v) is 2.89. The van der Waals surface area contributed by atoms with Gasteiger partial charge in [-0.1, -0.05) is 18.2 Å². The molecule has 1 nitrogen and oxygen atoms in total. The normalized spacial score (nSPS) is 45.0. The maximum atomic E-state index is 11.0. The molecule has 2 atom stereocenters. The molecule has 0 aromatic rings. The van der Waals surface area contributed by atoms with E-state index in [4.69, 9.17) is 0 Å². The molecule has 0 saturated heterocycles. The van der Waals surface area contributed by atoms with Gasteiger partial charge >= 0.3 is 0 Å². The van der Waals surface area contributed by atoms with Gasteiger partial charge in [0, 0.05) is 5.92 Å². The van der Waals surface area contributed by atoms with Gasteiger partial charge in [0.25, 0.3) is 0 Å². The van der Waals surface area contributed by atoms with Crippen molar-refractivity contribution in [1.29, 1.82) is 0 Å². The second-order valence-electron chi connectivity index (χ2n) is 2.89. The molecular weight excluding hydrogens is 112 g/mol. The van der Waals surface area contributed by atoms with Crippen LogP contribution in [-0.2, 0) is 4.79 Å². The number of hydrogen-bond donors (Lipinski definition) is 0. The molecule has 2 rings (SSSR count). The van der Waals surface area contributed by atoms with Crippen LogP contribution in [0.15, 0.2) is 24.3 Å². The van der Waals surface area contributed by atoms with Crippen molar-refractivity contribution in [1.82, 2.24) is 0 Å². The minimum absolute atomic E-state index is 0.139. The lowest BCUT2D eigenvalue weighted by molar-refractivity contribution is -0.121. The number of hydrogen-bond acceptors (Lipinski definition) is 1. The van der Waals surface area contributed by atoms with Gasteiger partial charge in [-0.05, 0) is 13.0 Å². The summed E-state index contributed by atoms with van der Waals surface area (Å²) in [5, 5.41) is 0. The lowest BCUT2D eigenvalue weighted by Crippen LogP contribution is -2.32. The Labute approximate surface area is 54.1 Å². The molecule has 0 amide bonds. The van der Waals surface area contributed by atoms with Crippen LogP contribution in [0.1, 0.15) is 6.92 Å². The summed E-state index contributed by atoms with van der Waals surface area (Å²) in [4.78, 5) is 11.0. The van der Waals surface area contributed by atoms with E-state index in [0.717, 1.165) is 0 Å². The monoisotopic (exact) mass is 120 g/mol. The summed E-state index contributed by atoms with van der Waals surface area (Å²) in [6.45, 7) is 1.99. The molecule has 0 aliphatic heterocycles. The highest BCUT2D eigenvalue weighted by molar-refractivity contribution is 6.00. The largest absolute Gasteiger partial charge is 0.294 e. The van der Waals surface area contributed by atoms with E-state index in [1.165, 1.54) is 0 Å². The molecule has 0 bridgehead atoms. The first kappa shape index (κ1) is 4.98. The van der Waals surface area contributed by atoms with Gasteiger partial charge in [-0.25, -0.2) is 0 Å². The first-order valence-corrected chi connectivity index (χ1v) is 3.15. The lowest BCUT2D eigenvalue weighted by Gasteiger charge is -2.31. The Bertz CT molecular complexity index is 225. The van der Waals surface area contributed by atoms with E-state index in [-0.39, 0.29) is 11.2 Å². The molecule has 1 heteroatoms. The Hall–Kier alpha value is -0.850. The summed E-state index contributed by atoms with van der Waals surface area (Å²) in [6, 6.07) is 0. The maximum Gasteiger partial charge on any atom is 0.165 e. The number of allylic oxidation sites excluding steroid dienone is 4. The maximum absolute atomic E-state index is 11.0. The Kier molecular flexibility index (Phi) is 0.652. The summed E-state index contributed by atoms with van der Waals surface area (Å²) in [7, 11) is 0. The fraction of sp³-hybridized carbons (Fsp3) is 0.375. The van der Waals surface area contributed by atoms with E-state index in [1.807, 2.05) is 19.1 Å². The third-order valence-corrected chi connectivity index (χ3v) is 2.33. The predicted octanol–water partition coefficient (Wildman–Crippen LogP) is 1.32. The van der Waals surface area contributed by atoms with E-state index in [0.29, 0.717) is 5.92 Å². The molecule has 9 heavy (non-hydrogen) atoms. The molecule has 2 unspecified atom stereocenters. The lowest BCUT2D eigenvalue weighted by atomic mass is 9.70. The summed E-state index contributed by atoms with van der Waals surface area (Å²) in [5.41, 5.74) is -0.139. The molecular formula is C8H8O. The van der Waals surface area contributed by atoms with Crippen LogP contribution < -0.4 is 0 Å². The van der Waals surface area contributed by atoms with Crippen molar-refractivity contribution in [2.24, 2.45) is 11.3 Å². The average Bonchev–Trinajstić information content (AvgIpc) is 1.96.